The number of piperidine rings is 1. The Hall–Kier alpha value is -0.0400. The molecule has 11 heavy (non-hydrogen) atoms. The lowest BCUT2D eigenvalue weighted by atomic mass is 9.79. The minimum atomic E-state index is 0. The van der Waals surface area contributed by atoms with Crippen molar-refractivity contribution >= 4 is 0 Å². The Morgan fingerprint density at radius 3 is 2.00 bits per heavy atom. The third kappa shape index (κ3) is 3.76. The zero-order valence-corrected chi connectivity index (χ0v) is 8.54. The quantitative estimate of drug-likeness (QED) is 0.620. The van der Waals surface area contributed by atoms with Crippen molar-refractivity contribution < 1.29 is 1.43 Å². The van der Waals surface area contributed by atoms with E-state index in [1.165, 1.54) is 32.4 Å². The van der Waals surface area contributed by atoms with Crippen molar-refractivity contribution in [2.24, 2.45) is 5.41 Å². The lowest BCUT2D eigenvalue weighted by Crippen LogP contribution is -2.34. The van der Waals surface area contributed by atoms with E-state index in [1.807, 2.05) is 13.8 Å². The van der Waals surface area contributed by atoms with Gasteiger partial charge in [0.05, 0.1) is 0 Å². The highest BCUT2D eigenvalue weighted by molar-refractivity contribution is 4.78. The van der Waals surface area contributed by atoms with Gasteiger partial charge in [0.1, 0.15) is 0 Å². The topological polar surface area (TPSA) is 12.0 Å². The summed E-state index contributed by atoms with van der Waals surface area (Å²) in [7, 11) is 0. The van der Waals surface area contributed by atoms with Crippen LogP contribution in [0, 0.1) is 5.41 Å². The van der Waals surface area contributed by atoms with Crippen LogP contribution in [0.1, 0.15) is 48.4 Å². The fourth-order valence-corrected chi connectivity index (χ4v) is 1.38. The number of hydrogen-bond acceptors (Lipinski definition) is 1. The fraction of sp³-hybridized carbons (Fsp3) is 1.00. The second kappa shape index (κ2) is 5.59. The van der Waals surface area contributed by atoms with Crippen molar-refractivity contribution in [1.29, 1.82) is 0 Å². The highest BCUT2D eigenvalue weighted by atomic mass is 14.9. The molecule has 1 rings (SSSR count). The van der Waals surface area contributed by atoms with Crippen LogP contribution in [0.2, 0.25) is 0 Å². The molecular weight excluding hydrogens is 134 g/mol. The van der Waals surface area contributed by atoms with E-state index >= 15 is 0 Å². The van der Waals surface area contributed by atoms with Crippen LogP contribution in [-0.2, 0) is 0 Å². The van der Waals surface area contributed by atoms with Gasteiger partial charge in [-0.2, -0.15) is 0 Å². The molecular formula is C10H25N. The summed E-state index contributed by atoms with van der Waals surface area (Å²) < 4.78 is 0. The van der Waals surface area contributed by atoms with Crippen molar-refractivity contribution in [3.63, 3.8) is 0 Å². The van der Waals surface area contributed by atoms with E-state index in [1.54, 1.807) is 0 Å². The van der Waals surface area contributed by atoms with Gasteiger partial charge in [-0.25, -0.2) is 0 Å². The van der Waals surface area contributed by atoms with Gasteiger partial charge in [0.15, 0.2) is 0 Å². The van der Waals surface area contributed by atoms with Crippen LogP contribution in [0.5, 0.6) is 0 Å². The number of nitrogens with one attached hydrogen (secondary N) is 1. The molecule has 0 saturated carbocycles. The first-order valence-electron chi connectivity index (χ1n) is 4.97. The first-order chi connectivity index (χ1) is 5.27. The second-order valence-electron chi connectivity index (χ2n) is 3.41. The number of hydrogen-bond donors (Lipinski definition) is 1. The van der Waals surface area contributed by atoms with Crippen LogP contribution < -0.4 is 5.32 Å². The van der Waals surface area contributed by atoms with E-state index in [4.69, 9.17) is 0 Å². The summed E-state index contributed by atoms with van der Waals surface area (Å²) in [6, 6.07) is 0. The largest absolute Gasteiger partial charge is 0.317 e. The molecule has 1 aliphatic heterocycles. The molecule has 0 unspecified atom stereocenters. The average Bonchev–Trinajstić information content (AvgIpc) is 2.10. The first-order valence-corrected chi connectivity index (χ1v) is 4.97. The van der Waals surface area contributed by atoms with E-state index < -0.39 is 0 Å². The van der Waals surface area contributed by atoms with Crippen LogP contribution in [0.25, 0.3) is 0 Å². The van der Waals surface area contributed by atoms with E-state index in [-0.39, 0.29) is 1.43 Å². The molecule has 0 radical (unpaired) electrons. The van der Waals surface area contributed by atoms with E-state index in [2.05, 4.69) is 19.2 Å². The Kier molecular flexibility index (Phi) is 5.57. The number of rotatable bonds is 1. The van der Waals surface area contributed by atoms with Crippen molar-refractivity contribution in [2.75, 3.05) is 13.1 Å². The predicted molar refractivity (Wildman–Crippen MR) is 54.0 cm³/mol. The van der Waals surface area contributed by atoms with Crippen molar-refractivity contribution in [1.82, 2.24) is 5.32 Å². The molecule has 1 heteroatoms. The van der Waals surface area contributed by atoms with E-state index in [9.17, 15) is 0 Å². The smallest absolute Gasteiger partial charge is 0 e. The minimum Gasteiger partial charge on any atom is -0.317 e. The highest BCUT2D eigenvalue weighted by Gasteiger charge is 2.23. The average molecular weight is 159 g/mol. The van der Waals surface area contributed by atoms with Crippen LogP contribution in [0.4, 0.5) is 0 Å². The molecule has 1 N–H and O–H groups in total. The summed E-state index contributed by atoms with van der Waals surface area (Å²) in [5, 5.41) is 3.37. The second-order valence-corrected chi connectivity index (χ2v) is 3.41. The van der Waals surface area contributed by atoms with Gasteiger partial charge in [-0.15, -0.1) is 0 Å². The van der Waals surface area contributed by atoms with E-state index in [0.717, 1.165) is 0 Å². The molecule has 0 aromatic carbocycles. The fourth-order valence-electron chi connectivity index (χ4n) is 1.38. The van der Waals surface area contributed by atoms with E-state index in [0.29, 0.717) is 5.41 Å². The summed E-state index contributed by atoms with van der Waals surface area (Å²) >= 11 is 0. The van der Waals surface area contributed by atoms with Crippen molar-refractivity contribution in [3.05, 3.63) is 0 Å². The summed E-state index contributed by atoms with van der Waals surface area (Å²) in [6.07, 6.45) is 4.07. The Morgan fingerprint density at radius 2 is 1.73 bits per heavy atom. The maximum atomic E-state index is 3.37. The Balaban J connectivity index is 0. The molecule has 70 valence electrons. The molecule has 0 amide bonds. The molecule has 0 aliphatic carbocycles. The third-order valence-corrected chi connectivity index (χ3v) is 2.66. The SMILES string of the molecule is CC.CCC1(C)CCNCC1.[HH]. The zero-order chi connectivity index (χ0) is 8.74. The third-order valence-electron chi connectivity index (χ3n) is 2.66. The Labute approximate surface area is 73.1 Å². The predicted octanol–water partition coefficient (Wildman–Crippen LogP) is 3.06. The molecule has 1 heterocycles. The van der Waals surface area contributed by atoms with Gasteiger partial charge in [0, 0.05) is 1.43 Å². The summed E-state index contributed by atoms with van der Waals surface area (Å²) in [4.78, 5) is 0. The summed E-state index contributed by atoms with van der Waals surface area (Å²) in [5.41, 5.74) is 0.658. The van der Waals surface area contributed by atoms with Crippen LogP contribution >= 0.6 is 0 Å². The molecule has 0 bridgehead atoms. The molecule has 1 aliphatic rings. The zero-order valence-electron chi connectivity index (χ0n) is 8.54. The van der Waals surface area contributed by atoms with Crippen molar-refractivity contribution in [2.45, 2.75) is 47.0 Å². The maximum absolute atomic E-state index is 3.37. The van der Waals surface area contributed by atoms with Gasteiger partial charge in [0.2, 0.25) is 0 Å². The van der Waals surface area contributed by atoms with Gasteiger partial charge < -0.3 is 5.32 Å². The molecule has 1 saturated heterocycles. The van der Waals surface area contributed by atoms with Crippen LogP contribution in [0.3, 0.4) is 0 Å². The van der Waals surface area contributed by atoms with Gasteiger partial charge in [0.25, 0.3) is 0 Å². The molecule has 0 aromatic rings. The standard InChI is InChI=1S/C8H17N.C2H6.H2/c1-3-8(2)4-6-9-7-5-8;1-2;/h9H,3-7H2,1-2H3;1-2H3;1H. The van der Waals surface area contributed by atoms with Gasteiger partial charge in [-0.05, 0) is 31.3 Å². The first kappa shape index (κ1) is 11.0. The molecule has 0 atom stereocenters. The van der Waals surface area contributed by atoms with Crippen molar-refractivity contribution in [3.8, 4) is 0 Å². The molecule has 1 nitrogen and oxygen atoms in total. The molecule has 0 aromatic heterocycles. The maximum Gasteiger partial charge on any atom is 0 e. The van der Waals surface area contributed by atoms with Crippen LogP contribution in [-0.4, -0.2) is 13.1 Å². The van der Waals surface area contributed by atoms with Gasteiger partial charge in [-0.3, -0.25) is 0 Å². The Morgan fingerprint density at radius 1 is 1.27 bits per heavy atom. The monoisotopic (exact) mass is 159 g/mol. The van der Waals surface area contributed by atoms with Gasteiger partial charge >= 0.3 is 0 Å². The molecule has 1 fully saturated rings. The minimum absolute atomic E-state index is 0. The highest BCUT2D eigenvalue weighted by Crippen LogP contribution is 2.30. The van der Waals surface area contributed by atoms with Crippen LogP contribution in [0.15, 0.2) is 0 Å². The lowest BCUT2D eigenvalue weighted by Gasteiger charge is -2.32. The summed E-state index contributed by atoms with van der Waals surface area (Å²) in [6.45, 7) is 11.1. The van der Waals surface area contributed by atoms with Gasteiger partial charge in [-0.1, -0.05) is 34.1 Å². The molecule has 0 spiro atoms. The lowest BCUT2D eigenvalue weighted by molar-refractivity contribution is 0.221. The Bertz CT molecular complexity index is 87.8. The normalized spacial score (nSPS) is 21.8. The summed E-state index contributed by atoms with van der Waals surface area (Å²) in [5.74, 6) is 0.